The van der Waals surface area contributed by atoms with Crippen LogP contribution < -0.4 is 20.3 Å². The first-order valence-electron chi connectivity index (χ1n) is 8.02. The molecule has 2 heterocycles. The minimum atomic E-state index is -0.358. The van der Waals surface area contributed by atoms with Gasteiger partial charge in [0.1, 0.15) is 6.54 Å². The molecule has 0 unspecified atom stereocenters. The van der Waals surface area contributed by atoms with Crippen LogP contribution in [-0.2, 0) is 11.3 Å². The third kappa shape index (κ3) is 3.27. The maximum absolute atomic E-state index is 12.3. The number of ether oxygens (including phenoxy) is 2. The molecule has 1 N–H and O–H groups in total. The first-order chi connectivity index (χ1) is 12.7. The number of fused-ring (bicyclic) bond motifs is 1. The SMILES string of the molecule is O=C(Cn1nc(-c2ccccc2)ccc1=O)Nc1ccc2c(c1)OCO2. The largest absolute Gasteiger partial charge is 0.454 e. The number of amides is 1. The zero-order chi connectivity index (χ0) is 17.9. The van der Waals surface area contributed by atoms with Gasteiger partial charge in [0.2, 0.25) is 12.7 Å². The van der Waals surface area contributed by atoms with Gasteiger partial charge in [0.15, 0.2) is 11.5 Å². The molecule has 0 saturated carbocycles. The van der Waals surface area contributed by atoms with E-state index in [2.05, 4.69) is 10.4 Å². The Balaban J connectivity index is 1.51. The van der Waals surface area contributed by atoms with Gasteiger partial charge in [-0.1, -0.05) is 30.3 Å². The number of hydrogen-bond donors (Lipinski definition) is 1. The second kappa shape index (κ2) is 6.72. The Labute approximate surface area is 148 Å². The van der Waals surface area contributed by atoms with Crippen molar-refractivity contribution in [1.29, 1.82) is 0 Å². The number of carbonyl (C=O) groups excluding carboxylic acids is 1. The highest BCUT2D eigenvalue weighted by atomic mass is 16.7. The number of anilines is 1. The average Bonchev–Trinajstić information content (AvgIpc) is 3.12. The van der Waals surface area contributed by atoms with Gasteiger partial charge in [-0.3, -0.25) is 9.59 Å². The van der Waals surface area contributed by atoms with Crippen molar-refractivity contribution in [3.8, 4) is 22.8 Å². The predicted octanol–water partition coefficient (Wildman–Crippen LogP) is 2.28. The molecule has 26 heavy (non-hydrogen) atoms. The summed E-state index contributed by atoms with van der Waals surface area (Å²) in [6, 6.07) is 17.6. The second-order valence-electron chi connectivity index (χ2n) is 5.70. The van der Waals surface area contributed by atoms with Crippen molar-refractivity contribution in [2.45, 2.75) is 6.54 Å². The van der Waals surface area contributed by atoms with E-state index in [1.54, 1.807) is 24.3 Å². The summed E-state index contributed by atoms with van der Waals surface area (Å²) in [4.78, 5) is 24.3. The van der Waals surface area contributed by atoms with Gasteiger partial charge >= 0.3 is 0 Å². The van der Waals surface area contributed by atoms with Crippen molar-refractivity contribution in [3.63, 3.8) is 0 Å². The van der Waals surface area contributed by atoms with E-state index in [0.29, 0.717) is 22.9 Å². The third-order valence-corrected chi connectivity index (χ3v) is 3.89. The minimum absolute atomic E-state index is 0.165. The van der Waals surface area contributed by atoms with Crippen LogP contribution >= 0.6 is 0 Å². The fraction of sp³-hybridized carbons (Fsp3) is 0.105. The highest BCUT2D eigenvalue weighted by molar-refractivity contribution is 5.90. The zero-order valence-corrected chi connectivity index (χ0v) is 13.7. The van der Waals surface area contributed by atoms with Gasteiger partial charge in [0.25, 0.3) is 5.56 Å². The van der Waals surface area contributed by atoms with Crippen LogP contribution in [0, 0.1) is 0 Å². The molecule has 1 aliphatic heterocycles. The van der Waals surface area contributed by atoms with E-state index < -0.39 is 0 Å². The molecule has 1 aliphatic rings. The summed E-state index contributed by atoms with van der Waals surface area (Å²) in [5.41, 5.74) is 1.72. The van der Waals surface area contributed by atoms with Gasteiger partial charge in [0, 0.05) is 23.4 Å². The molecule has 0 saturated heterocycles. The van der Waals surface area contributed by atoms with Crippen molar-refractivity contribution in [3.05, 3.63) is 71.0 Å². The molecule has 1 aromatic heterocycles. The Morgan fingerprint density at radius 3 is 2.69 bits per heavy atom. The van der Waals surface area contributed by atoms with Crippen LogP contribution in [0.15, 0.2) is 65.5 Å². The molecule has 7 nitrogen and oxygen atoms in total. The molecule has 2 aromatic carbocycles. The minimum Gasteiger partial charge on any atom is -0.454 e. The summed E-state index contributed by atoms with van der Waals surface area (Å²) in [5, 5.41) is 7.01. The van der Waals surface area contributed by atoms with Crippen LogP contribution in [-0.4, -0.2) is 22.5 Å². The van der Waals surface area contributed by atoms with E-state index in [1.807, 2.05) is 30.3 Å². The Morgan fingerprint density at radius 1 is 1.04 bits per heavy atom. The lowest BCUT2D eigenvalue weighted by atomic mass is 10.1. The molecular weight excluding hydrogens is 334 g/mol. The van der Waals surface area contributed by atoms with E-state index in [-0.39, 0.29) is 24.8 Å². The van der Waals surface area contributed by atoms with Crippen molar-refractivity contribution in [1.82, 2.24) is 9.78 Å². The lowest BCUT2D eigenvalue weighted by Gasteiger charge is -2.09. The number of rotatable bonds is 4. The van der Waals surface area contributed by atoms with Gasteiger partial charge < -0.3 is 14.8 Å². The monoisotopic (exact) mass is 349 g/mol. The third-order valence-electron chi connectivity index (χ3n) is 3.89. The van der Waals surface area contributed by atoms with Gasteiger partial charge in [0.05, 0.1) is 5.69 Å². The van der Waals surface area contributed by atoms with Gasteiger partial charge in [-0.2, -0.15) is 5.10 Å². The Hall–Kier alpha value is -3.61. The summed E-state index contributed by atoms with van der Waals surface area (Å²) in [5.74, 6) is 0.851. The van der Waals surface area contributed by atoms with Crippen molar-refractivity contribution < 1.29 is 14.3 Å². The molecule has 0 fully saturated rings. The van der Waals surface area contributed by atoms with Crippen molar-refractivity contribution in [2.75, 3.05) is 12.1 Å². The van der Waals surface area contributed by atoms with Crippen LogP contribution in [0.1, 0.15) is 0 Å². The number of hydrogen-bond acceptors (Lipinski definition) is 5. The van der Waals surface area contributed by atoms with Crippen LogP contribution in [0.4, 0.5) is 5.69 Å². The van der Waals surface area contributed by atoms with Crippen LogP contribution in [0.3, 0.4) is 0 Å². The smallest absolute Gasteiger partial charge is 0.267 e. The van der Waals surface area contributed by atoms with Crippen molar-refractivity contribution in [2.24, 2.45) is 0 Å². The molecule has 1 amide bonds. The Bertz CT molecular complexity index is 1010. The van der Waals surface area contributed by atoms with Crippen LogP contribution in [0.2, 0.25) is 0 Å². The Morgan fingerprint density at radius 2 is 1.85 bits per heavy atom. The van der Waals surface area contributed by atoms with Crippen LogP contribution in [0.5, 0.6) is 11.5 Å². The summed E-state index contributed by atoms with van der Waals surface area (Å²) in [7, 11) is 0. The van der Waals surface area contributed by atoms with Gasteiger partial charge in [-0.25, -0.2) is 4.68 Å². The summed E-state index contributed by atoms with van der Waals surface area (Å²) >= 11 is 0. The predicted molar refractivity (Wildman–Crippen MR) is 95.1 cm³/mol. The highest BCUT2D eigenvalue weighted by Gasteiger charge is 2.14. The fourth-order valence-electron chi connectivity index (χ4n) is 2.64. The van der Waals surface area contributed by atoms with Crippen molar-refractivity contribution >= 4 is 11.6 Å². The molecule has 0 radical (unpaired) electrons. The molecular formula is C19H15N3O4. The molecule has 0 atom stereocenters. The molecule has 4 rings (SSSR count). The van der Waals surface area contributed by atoms with Gasteiger partial charge in [-0.05, 0) is 18.2 Å². The molecule has 0 bridgehead atoms. The first-order valence-corrected chi connectivity index (χ1v) is 8.02. The molecule has 0 spiro atoms. The fourth-order valence-corrected chi connectivity index (χ4v) is 2.64. The topological polar surface area (TPSA) is 82.5 Å². The standard InChI is InChI=1S/C19H15N3O4/c23-18(20-14-6-8-16-17(10-14)26-12-25-16)11-22-19(24)9-7-15(21-22)13-4-2-1-3-5-13/h1-10H,11-12H2,(H,20,23). The molecule has 0 aliphatic carbocycles. The quantitative estimate of drug-likeness (QED) is 0.781. The maximum atomic E-state index is 12.3. The highest BCUT2D eigenvalue weighted by Crippen LogP contribution is 2.34. The Kier molecular flexibility index (Phi) is 4.10. The van der Waals surface area contributed by atoms with E-state index in [9.17, 15) is 9.59 Å². The lowest BCUT2D eigenvalue weighted by molar-refractivity contribution is -0.117. The molecule has 130 valence electrons. The normalized spacial score (nSPS) is 12.0. The first kappa shape index (κ1) is 15.9. The summed E-state index contributed by atoms with van der Waals surface area (Å²) in [6.07, 6.45) is 0. The van der Waals surface area contributed by atoms with E-state index in [0.717, 1.165) is 10.2 Å². The average molecular weight is 349 g/mol. The second-order valence-corrected chi connectivity index (χ2v) is 5.70. The lowest BCUT2D eigenvalue weighted by Crippen LogP contribution is -2.29. The number of aromatic nitrogens is 2. The van der Waals surface area contributed by atoms with E-state index in [4.69, 9.17) is 9.47 Å². The molecule has 7 heteroatoms. The number of benzene rings is 2. The summed E-state index contributed by atoms with van der Waals surface area (Å²) < 4.78 is 11.7. The summed E-state index contributed by atoms with van der Waals surface area (Å²) in [6.45, 7) is -0.0216. The zero-order valence-electron chi connectivity index (χ0n) is 13.7. The van der Waals surface area contributed by atoms with Gasteiger partial charge in [-0.15, -0.1) is 0 Å². The number of nitrogens with zero attached hydrogens (tertiary/aromatic N) is 2. The molecule has 3 aromatic rings. The maximum Gasteiger partial charge on any atom is 0.267 e. The number of nitrogens with one attached hydrogen (secondary N) is 1. The number of carbonyl (C=O) groups is 1. The van der Waals surface area contributed by atoms with E-state index >= 15 is 0 Å². The van der Waals surface area contributed by atoms with E-state index in [1.165, 1.54) is 6.07 Å². The van der Waals surface area contributed by atoms with Crippen LogP contribution in [0.25, 0.3) is 11.3 Å².